The minimum atomic E-state index is -1.75. The van der Waals surface area contributed by atoms with E-state index in [2.05, 4.69) is 37.2 Å². The summed E-state index contributed by atoms with van der Waals surface area (Å²) in [6, 6.07) is -5.05. The lowest BCUT2D eigenvalue weighted by atomic mass is 9.96. The highest BCUT2D eigenvalue weighted by Gasteiger charge is 2.41. The Labute approximate surface area is 407 Å². The van der Waals surface area contributed by atoms with Gasteiger partial charge in [0.05, 0.1) is 19.0 Å². The van der Waals surface area contributed by atoms with Gasteiger partial charge in [0, 0.05) is 30.9 Å². The van der Waals surface area contributed by atoms with Crippen molar-refractivity contribution in [1.82, 2.24) is 42.1 Å². The molecule has 1 unspecified atom stereocenters. The van der Waals surface area contributed by atoms with Crippen molar-refractivity contribution in [2.45, 2.75) is 127 Å². The Bertz CT molecular complexity index is 2050. The molecule has 0 aromatic heterocycles. The van der Waals surface area contributed by atoms with E-state index in [0.29, 0.717) is 18.4 Å². The Hall–Kier alpha value is -6.15. The Kier molecular flexibility index (Phi) is 23.0. The van der Waals surface area contributed by atoms with Crippen LogP contribution in [0.25, 0.3) is 0 Å². The minimum absolute atomic E-state index is 0.0468. The van der Waals surface area contributed by atoms with Crippen LogP contribution in [0.15, 0.2) is 24.3 Å². The molecule has 24 nitrogen and oxygen atoms in total. The first-order valence-electron chi connectivity index (χ1n) is 22.5. The van der Waals surface area contributed by atoms with Crippen LogP contribution in [-0.4, -0.2) is 148 Å². The molecule has 382 valence electrons. The number of phenolic OH excluding ortho intramolecular Hbond substituents is 1. The van der Waals surface area contributed by atoms with E-state index in [1.165, 1.54) is 29.2 Å². The molecule has 3 rings (SSSR count). The molecule has 1 aromatic rings. The van der Waals surface area contributed by atoms with Gasteiger partial charge in [0.2, 0.25) is 65.0 Å². The number of amides is 11. The van der Waals surface area contributed by atoms with Gasteiger partial charge in [-0.15, -0.1) is 0 Å². The van der Waals surface area contributed by atoms with E-state index < -0.39 is 145 Å². The summed E-state index contributed by atoms with van der Waals surface area (Å²) in [6.07, 6.45) is -0.694. The molecule has 2 fully saturated rings. The molecule has 69 heavy (non-hydrogen) atoms. The minimum Gasteiger partial charge on any atom is -0.508 e. The van der Waals surface area contributed by atoms with Crippen LogP contribution in [0.3, 0.4) is 0 Å². The van der Waals surface area contributed by atoms with Crippen molar-refractivity contribution in [2.24, 2.45) is 34.8 Å². The molecule has 9 atom stereocenters. The van der Waals surface area contributed by atoms with Crippen molar-refractivity contribution >= 4 is 86.6 Å². The fraction of sp³-hybridized carbons (Fsp3) is 0.605. The zero-order chi connectivity index (χ0) is 51.5. The van der Waals surface area contributed by atoms with Crippen LogP contribution in [0.1, 0.15) is 78.2 Å². The normalized spacial score (nSPS) is 24.3. The van der Waals surface area contributed by atoms with Gasteiger partial charge in [-0.1, -0.05) is 67.8 Å². The van der Waals surface area contributed by atoms with Crippen molar-refractivity contribution in [3.05, 3.63) is 29.8 Å². The number of carbonyl (C=O) groups is 11. The molecule has 26 heteroatoms. The molecule has 0 bridgehead atoms. The third kappa shape index (κ3) is 18.7. The molecule has 16 N–H and O–H groups in total. The Morgan fingerprint density at radius 3 is 2.00 bits per heavy atom. The van der Waals surface area contributed by atoms with Crippen molar-refractivity contribution in [2.75, 3.05) is 24.6 Å². The molecule has 1 aromatic carbocycles. The van der Waals surface area contributed by atoms with E-state index in [-0.39, 0.29) is 49.0 Å². The molecule has 2 heterocycles. The summed E-state index contributed by atoms with van der Waals surface area (Å²) in [6.45, 7) is 6.60. The highest BCUT2D eigenvalue weighted by Crippen LogP contribution is 2.26. The Morgan fingerprint density at radius 2 is 1.39 bits per heavy atom. The fourth-order valence-electron chi connectivity index (χ4n) is 7.34. The van der Waals surface area contributed by atoms with Crippen LogP contribution in [0.5, 0.6) is 5.75 Å². The molecule has 0 radical (unpaired) electrons. The van der Waals surface area contributed by atoms with E-state index >= 15 is 0 Å². The van der Waals surface area contributed by atoms with Gasteiger partial charge in [0.15, 0.2) is 0 Å². The molecule has 11 amide bonds. The molecule has 0 aliphatic carbocycles. The lowest BCUT2D eigenvalue weighted by Gasteiger charge is -2.31. The summed E-state index contributed by atoms with van der Waals surface area (Å²) < 4.78 is 0. The zero-order valence-electron chi connectivity index (χ0n) is 39.1. The van der Waals surface area contributed by atoms with Crippen LogP contribution in [-0.2, 0) is 59.2 Å². The third-order valence-electron chi connectivity index (χ3n) is 11.3. The quantitative estimate of drug-likeness (QED) is 0.0671. The van der Waals surface area contributed by atoms with Gasteiger partial charge < -0.3 is 70.2 Å². The van der Waals surface area contributed by atoms with Crippen molar-refractivity contribution < 1.29 is 57.8 Å². The standard InChI is InChI=1S/C43H66N12O12S2/c1-5-22(4)35-42(66)49-26(12-13-32(45)57)38(62)51-29(17-33(46)58)39(63)53-30(20-69-68-19-25(44)36(60)50-28(40(64)54-35)16-23-8-10-24(56)11-9-23)43(67)55-14-6-7-31(55)41(65)52-27(15-21(2)3)37(61)48-18-34(47)59/h8-11,21-22,25-31,35,56H,5-7,12-20,44H2,1-4H3,(H2,45,57)(H2,46,58)(H2,47,59)(H,48,61)(H,49,66)(H,50,60)(H,51,62)(H,52,65)(H,53,63)(H,54,64)/t22-,25-,26-,27-,28-,29-,30-,31?,35-/m0/s1. The van der Waals surface area contributed by atoms with Crippen LogP contribution >= 0.6 is 21.6 Å². The maximum atomic E-state index is 14.5. The Balaban J connectivity index is 2.05. The van der Waals surface area contributed by atoms with Gasteiger partial charge in [0.1, 0.15) is 48.0 Å². The second kappa shape index (κ2) is 27.7. The molecule has 2 aliphatic heterocycles. The SMILES string of the molecule is CC[C@H](C)[C@@H]1NC(=O)[C@H](Cc2ccc(O)cc2)NC(=O)[C@@H](N)CSSC[C@@H](C(=O)N2CCCC2C(=O)N[C@@H](CC(C)C)C(=O)NCC(N)=O)NC(=O)[C@H](CC(N)=O)NC(=O)[C@H](CCC(N)=O)NC1=O. The topological polar surface area (TPSA) is 400 Å². The maximum Gasteiger partial charge on any atom is 0.246 e. The van der Waals surface area contributed by atoms with E-state index in [1.807, 2.05) is 13.8 Å². The number of carbonyl (C=O) groups excluding carboxylic acids is 11. The van der Waals surface area contributed by atoms with Crippen molar-refractivity contribution in [1.29, 1.82) is 0 Å². The Morgan fingerprint density at radius 1 is 0.783 bits per heavy atom. The summed E-state index contributed by atoms with van der Waals surface area (Å²) in [5.41, 5.74) is 22.9. The smallest absolute Gasteiger partial charge is 0.246 e. The van der Waals surface area contributed by atoms with Crippen LogP contribution in [0, 0.1) is 11.8 Å². The second-order valence-corrected chi connectivity index (χ2v) is 20.0. The van der Waals surface area contributed by atoms with Gasteiger partial charge >= 0.3 is 0 Å². The largest absolute Gasteiger partial charge is 0.508 e. The number of nitrogens with one attached hydrogen (secondary N) is 7. The van der Waals surface area contributed by atoms with E-state index in [1.54, 1.807) is 13.8 Å². The third-order valence-corrected chi connectivity index (χ3v) is 13.7. The molecular formula is C43H66N12O12S2. The number of rotatable bonds is 17. The monoisotopic (exact) mass is 1010 g/mol. The van der Waals surface area contributed by atoms with Crippen LogP contribution in [0.4, 0.5) is 0 Å². The summed E-state index contributed by atoms with van der Waals surface area (Å²) in [7, 11) is 2.05. The van der Waals surface area contributed by atoms with Crippen LogP contribution < -0.4 is 60.2 Å². The second-order valence-electron chi connectivity index (χ2n) is 17.4. The fourth-order valence-corrected chi connectivity index (χ4v) is 9.62. The number of nitrogens with two attached hydrogens (primary N) is 4. The highest BCUT2D eigenvalue weighted by atomic mass is 33.1. The average molecular weight is 1010 g/mol. The summed E-state index contributed by atoms with van der Waals surface area (Å²) in [5.74, 6) is -10.4. The van der Waals surface area contributed by atoms with Crippen LogP contribution in [0.2, 0.25) is 0 Å². The predicted molar refractivity (Wildman–Crippen MR) is 254 cm³/mol. The van der Waals surface area contributed by atoms with Crippen molar-refractivity contribution in [3.8, 4) is 5.75 Å². The highest BCUT2D eigenvalue weighted by molar-refractivity contribution is 8.76. The number of hydrogen-bond acceptors (Lipinski definition) is 15. The maximum absolute atomic E-state index is 14.5. The molecule has 2 saturated heterocycles. The summed E-state index contributed by atoms with van der Waals surface area (Å²) >= 11 is 0. The van der Waals surface area contributed by atoms with Gasteiger partial charge in [0.25, 0.3) is 0 Å². The first-order valence-corrected chi connectivity index (χ1v) is 25.0. The van der Waals surface area contributed by atoms with Gasteiger partial charge in [-0.2, -0.15) is 0 Å². The molecule has 2 aliphatic rings. The van der Waals surface area contributed by atoms with Gasteiger partial charge in [-0.25, -0.2) is 0 Å². The van der Waals surface area contributed by atoms with E-state index in [9.17, 15) is 57.8 Å². The number of nitrogens with zero attached hydrogens (tertiary/aromatic N) is 1. The number of likely N-dealkylation sites (tertiary alicyclic amines) is 1. The number of hydrogen-bond donors (Lipinski definition) is 12. The number of phenols is 1. The lowest BCUT2D eigenvalue weighted by Crippen LogP contribution is -2.61. The summed E-state index contributed by atoms with van der Waals surface area (Å²) in [5, 5.41) is 27.7. The van der Waals surface area contributed by atoms with E-state index in [4.69, 9.17) is 22.9 Å². The van der Waals surface area contributed by atoms with Crippen molar-refractivity contribution in [3.63, 3.8) is 0 Å². The first-order chi connectivity index (χ1) is 32.5. The lowest BCUT2D eigenvalue weighted by molar-refractivity contribution is -0.142. The average Bonchev–Trinajstić information content (AvgIpc) is 3.78. The molecular weight excluding hydrogens is 941 g/mol. The molecule has 0 spiro atoms. The number of benzene rings is 1. The number of primary amides is 3. The van der Waals surface area contributed by atoms with Gasteiger partial charge in [-0.05, 0) is 55.2 Å². The van der Waals surface area contributed by atoms with Gasteiger partial charge in [-0.3, -0.25) is 52.7 Å². The zero-order valence-corrected chi connectivity index (χ0v) is 40.7. The number of aromatic hydroxyl groups is 1. The summed E-state index contributed by atoms with van der Waals surface area (Å²) in [4.78, 5) is 148. The first kappa shape index (κ1) is 57.2. The van der Waals surface area contributed by atoms with E-state index in [0.717, 1.165) is 21.6 Å². The molecule has 0 saturated carbocycles. The predicted octanol–water partition coefficient (Wildman–Crippen LogP) is -3.61.